The highest BCUT2D eigenvalue weighted by Gasteiger charge is 2.09. The minimum atomic E-state index is -0.0914. The van der Waals surface area contributed by atoms with E-state index >= 15 is 0 Å². The van der Waals surface area contributed by atoms with Crippen LogP contribution in [0, 0.1) is 13.8 Å². The molecular formula is C22H21N5O. The van der Waals surface area contributed by atoms with Crippen LogP contribution in [0.5, 0.6) is 0 Å². The molecule has 28 heavy (non-hydrogen) atoms. The van der Waals surface area contributed by atoms with Gasteiger partial charge in [0.15, 0.2) is 0 Å². The Labute approximate surface area is 163 Å². The SMILES string of the molecule is Cc1nc2nc(CCNC(=O)c3ccc(-c4ccccc4)cc3)cn2nc1C. The number of aryl methyl sites for hydroxylation is 2. The number of amides is 1. The van der Waals surface area contributed by atoms with Gasteiger partial charge in [-0.25, -0.2) is 14.5 Å². The van der Waals surface area contributed by atoms with E-state index in [9.17, 15) is 4.79 Å². The Morgan fingerprint density at radius 3 is 2.39 bits per heavy atom. The average Bonchev–Trinajstić information content (AvgIpc) is 3.10. The van der Waals surface area contributed by atoms with Gasteiger partial charge in [0.25, 0.3) is 11.7 Å². The van der Waals surface area contributed by atoms with Crippen molar-refractivity contribution in [3.63, 3.8) is 0 Å². The zero-order valence-corrected chi connectivity index (χ0v) is 15.9. The average molecular weight is 371 g/mol. The van der Waals surface area contributed by atoms with Gasteiger partial charge in [0.2, 0.25) is 0 Å². The monoisotopic (exact) mass is 371 g/mol. The molecule has 6 heteroatoms. The predicted molar refractivity (Wildman–Crippen MR) is 108 cm³/mol. The summed E-state index contributed by atoms with van der Waals surface area (Å²) in [5, 5.41) is 7.37. The third-order valence-electron chi connectivity index (χ3n) is 4.69. The standard InChI is InChI=1S/C22H21N5O/c1-15-16(2)26-27-14-20(25-22(27)24-15)12-13-23-21(28)19-10-8-18(9-11-19)17-6-4-3-5-7-17/h3-11,14H,12-13H2,1-2H3,(H,23,28). The van der Waals surface area contributed by atoms with Crippen molar-refractivity contribution in [2.75, 3.05) is 6.54 Å². The molecule has 0 unspecified atom stereocenters. The Morgan fingerprint density at radius 2 is 1.64 bits per heavy atom. The van der Waals surface area contributed by atoms with Crippen molar-refractivity contribution in [1.29, 1.82) is 0 Å². The molecule has 0 atom stereocenters. The van der Waals surface area contributed by atoms with Gasteiger partial charge < -0.3 is 5.32 Å². The first-order chi connectivity index (χ1) is 13.6. The molecular weight excluding hydrogens is 350 g/mol. The van der Waals surface area contributed by atoms with Gasteiger partial charge >= 0.3 is 0 Å². The molecule has 4 aromatic rings. The lowest BCUT2D eigenvalue weighted by atomic mass is 10.0. The Kier molecular flexibility index (Phi) is 4.85. The van der Waals surface area contributed by atoms with Crippen LogP contribution in [0.1, 0.15) is 27.4 Å². The second kappa shape index (κ2) is 7.60. The molecule has 0 aliphatic heterocycles. The summed E-state index contributed by atoms with van der Waals surface area (Å²) < 4.78 is 1.68. The van der Waals surface area contributed by atoms with Crippen molar-refractivity contribution in [2.24, 2.45) is 0 Å². The van der Waals surface area contributed by atoms with E-state index in [1.165, 1.54) is 0 Å². The maximum absolute atomic E-state index is 12.4. The maximum Gasteiger partial charge on any atom is 0.251 e. The first-order valence-electron chi connectivity index (χ1n) is 9.23. The molecule has 0 saturated heterocycles. The third-order valence-corrected chi connectivity index (χ3v) is 4.69. The number of nitrogens with zero attached hydrogens (tertiary/aromatic N) is 4. The lowest BCUT2D eigenvalue weighted by molar-refractivity contribution is 0.0954. The maximum atomic E-state index is 12.4. The smallest absolute Gasteiger partial charge is 0.251 e. The summed E-state index contributed by atoms with van der Waals surface area (Å²) in [6.45, 7) is 4.34. The lowest BCUT2D eigenvalue weighted by Crippen LogP contribution is -2.25. The van der Waals surface area contributed by atoms with Gasteiger partial charge in [-0.3, -0.25) is 4.79 Å². The molecule has 4 rings (SSSR count). The van der Waals surface area contributed by atoms with Crippen LogP contribution in [0.3, 0.4) is 0 Å². The molecule has 1 amide bonds. The number of hydrogen-bond acceptors (Lipinski definition) is 4. The zero-order chi connectivity index (χ0) is 19.5. The number of nitrogens with one attached hydrogen (secondary N) is 1. The molecule has 2 aromatic carbocycles. The van der Waals surface area contributed by atoms with Crippen LogP contribution in [0.15, 0.2) is 60.8 Å². The van der Waals surface area contributed by atoms with E-state index in [0.717, 1.165) is 28.2 Å². The van der Waals surface area contributed by atoms with E-state index in [1.807, 2.05) is 62.5 Å². The van der Waals surface area contributed by atoms with Crippen molar-refractivity contribution in [1.82, 2.24) is 24.9 Å². The van der Waals surface area contributed by atoms with E-state index in [1.54, 1.807) is 4.52 Å². The van der Waals surface area contributed by atoms with Gasteiger partial charge in [0.1, 0.15) is 0 Å². The van der Waals surface area contributed by atoms with E-state index in [2.05, 4.69) is 32.5 Å². The third kappa shape index (κ3) is 3.76. The summed E-state index contributed by atoms with van der Waals surface area (Å²) in [6.07, 6.45) is 2.48. The second-order valence-electron chi connectivity index (χ2n) is 6.71. The van der Waals surface area contributed by atoms with Gasteiger partial charge in [-0.15, -0.1) is 0 Å². The van der Waals surface area contributed by atoms with Gasteiger partial charge in [-0.2, -0.15) is 5.10 Å². The molecule has 2 aromatic heterocycles. The number of carbonyl (C=O) groups is 1. The van der Waals surface area contributed by atoms with Crippen LogP contribution in [0.25, 0.3) is 16.9 Å². The number of carbonyl (C=O) groups excluding carboxylic acids is 1. The number of rotatable bonds is 5. The molecule has 0 fully saturated rings. The summed E-state index contributed by atoms with van der Waals surface area (Å²) in [4.78, 5) is 21.3. The van der Waals surface area contributed by atoms with Gasteiger partial charge in [0.05, 0.1) is 23.3 Å². The first kappa shape index (κ1) is 17.9. The van der Waals surface area contributed by atoms with Crippen molar-refractivity contribution in [3.8, 4) is 11.1 Å². The number of fused-ring (bicyclic) bond motifs is 1. The zero-order valence-electron chi connectivity index (χ0n) is 15.9. The van der Waals surface area contributed by atoms with E-state index in [4.69, 9.17) is 0 Å². The Bertz CT molecular complexity index is 1080. The Morgan fingerprint density at radius 1 is 0.929 bits per heavy atom. The molecule has 1 N–H and O–H groups in total. The second-order valence-corrected chi connectivity index (χ2v) is 6.71. The fourth-order valence-corrected chi connectivity index (χ4v) is 2.99. The molecule has 0 radical (unpaired) electrons. The topological polar surface area (TPSA) is 72.2 Å². The molecule has 0 aliphatic rings. The van der Waals surface area contributed by atoms with Crippen molar-refractivity contribution in [3.05, 3.63) is 83.4 Å². The highest BCUT2D eigenvalue weighted by atomic mass is 16.1. The molecule has 140 valence electrons. The number of imidazole rings is 1. The van der Waals surface area contributed by atoms with Crippen molar-refractivity contribution in [2.45, 2.75) is 20.3 Å². The largest absolute Gasteiger partial charge is 0.352 e. The summed E-state index contributed by atoms with van der Waals surface area (Å²) in [6, 6.07) is 17.7. The van der Waals surface area contributed by atoms with Crippen molar-refractivity contribution < 1.29 is 4.79 Å². The van der Waals surface area contributed by atoms with Crippen LogP contribution >= 0.6 is 0 Å². The van der Waals surface area contributed by atoms with Gasteiger partial charge in [0, 0.05) is 18.5 Å². The molecule has 6 nitrogen and oxygen atoms in total. The van der Waals surface area contributed by atoms with Crippen LogP contribution in [0.4, 0.5) is 0 Å². The van der Waals surface area contributed by atoms with Gasteiger partial charge in [-0.1, -0.05) is 42.5 Å². The Hall–Kier alpha value is -3.54. The summed E-state index contributed by atoms with van der Waals surface area (Å²) in [7, 11) is 0. The highest BCUT2D eigenvalue weighted by Crippen LogP contribution is 2.19. The number of benzene rings is 2. The molecule has 0 saturated carbocycles. The molecule has 0 aliphatic carbocycles. The van der Waals surface area contributed by atoms with Crippen molar-refractivity contribution >= 4 is 11.7 Å². The summed E-state index contributed by atoms with van der Waals surface area (Å²) in [5.74, 6) is 0.493. The molecule has 0 spiro atoms. The van der Waals surface area contributed by atoms with E-state index < -0.39 is 0 Å². The molecule has 0 bridgehead atoms. The van der Waals surface area contributed by atoms with E-state index in [-0.39, 0.29) is 5.91 Å². The first-order valence-corrected chi connectivity index (χ1v) is 9.23. The quantitative estimate of drug-likeness (QED) is 0.584. The van der Waals surface area contributed by atoms with Crippen LogP contribution in [-0.2, 0) is 6.42 Å². The minimum Gasteiger partial charge on any atom is -0.352 e. The predicted octanol–water partition coefficient (Wildman–Crippen LogP) is 3.38. The van der Waals surface area contributed by atoms with Crippen LogP contribution < -0.4 is 5.32 Å². The number of hydrogen-bond donors (Lipinski definition) is 1. The van der Waals surface area contributed by atoms with E-state index in [0.29, 0.717) is 24.3 Å². The van der Waals surface area contributed by atoms with Gasteiger partial charge in [-0.05, 0) is 37.1 Å². The lowest BCUT2D eigenvalue weighted by Gasteiger charge is -2.06. The van der Waals surface area contributed by atoms with Crippen LogP contribution in [-0.4, -0.2) is 32.0 Å². The normalized spacial score (nSPS) is 10.9. The minimum absolute atomic E-state index is 0.0914. The molecule has 2 heterocycles. The summed E-state index contributed by atoms with van der Waals surface area (Å²) >= 11 is 0. The fraction of sp³-hybridized carbons (Fsp3) is 0.182. The van der Waals surface area contributed by atoms with Crippen LogP contribution in [0.2, 0.25) is 0 Å². The Balaban J connectivity index is 1.37. The summed E-state index contributed by atoms with van der Waals surface area (Å²) in [5.41, 5.74) is 5.47. The fourth-order valence-electron chi connectivity index (χ4n) is 2.99. The number of aromatic nitrogens is 4. The highest BCUT2D eigenvalue weighted by molar-refractivity contribution is 5.94.